The molecule has 2 unspecified atom stereocenters. The minimum absolute atomic E-state index is 0.376. The molecule has 1 aromatic carbocycles. The van der Waals surface area contributed by atoms with E-state index in [1.54, 1.807) is 0 Å². The van der Waals surface area contributed by atoms with Crippen molar-refractivity contribution in [2.24, 2.45) is 10.7 Å². The Hall–Kier alpha value is -1.35. The fourth-order valence-electron chi connectivity index (χ4n) is 2.26. The third kappa shape index (κ3) is 3.07. The van der Waals surface area contributed by atoms with Crippen molar-refractivity contribution in [3.8, 4) is 0 Å². The van der Waals surface area contributed by atoms with Gasteiger partial charge in [0.25, 0.3) is 0 Å². The van der Waals surface area contributed by atoms with Gasteiger partial charge in [0.05, 0.1) is 6.04 Å². The summed E-state index contributed by atoms with van der Waals surface area (Å²) in [5.41, 5.74) is 7.07. The van der Waals surface area contributed by atoms with Gasteiger partial charge in [-0.15, -0.1) is 0 Å². The number of nitrogens with zero attached hydrogens (tertiary/aromatic N) is 2. The molecule has 0 saturated carbocycles. The number of hydrogen-bond acceptors (Lipinski definition) is 2. The monoisotopic (exact) mass is 231 g/mol. The van der Waals surface area contributed by atoms with Crippen LogP contribution in [0.15, 0.2) is 35.3 Å². The molecule has 3 nitrogen and oxygen atoms in total. The first-order valence-electron chi connectivity index (χ1n) is 6.25. The molecule has 92 valence electrons. The van der Waals surface area contributed by atoms with E-state index >= 15 is 0 Å². The van der Waals surface area contributed by atoms with Crippen LogP contribution < -0.4 is 5.73 Å². The Labute approximate surface area is 103 Å². The summed E-state index contributed by atoms with van der Waals surface area (Å²) in [6.07, 6.45) is 2.21. The summed E-state index contributed by atoms with van der Waals surface area (Å²) in [6, 6.07) is 11.0. The molecule has 0 aliphatic carbocycles. The van der Waals surface area contributed by atoms with Crippen LogP contribution in [0, 0.1) is 0 Å². The van der Waals surface area contributed by atoms with Gasteiger partial charge in [-0.3, -0.25) is 4.99 Å². The Morgan fingerprint density at radius 1 is 1.35 bits per heavy atom. The van der Waals surface area contributed by atoms with Crippen LogP contribution in [0.5, 0.6) is 0 Å². The van der Waals surface area contributed by atoms with Crippen molar-refractivity contribution in [2.45, 2.75) is 31.8 Å². The summed E-state index contributed by atoms with van der Waals surface area (Å²) in [6.45, 7) is 3.36. The fourth-order valence-corrected chi connectivity index (χ4v) is 2.26. The van der Waals surface area contributed by atoms with E-state index < -0.39 is 0 Å². The highest BCUT2D eigenvalue weighted by Crippen LogP contribution is 2.18. The lowest BCUT2D eigenvalue weighted by Gasteiger charge is -2.33. The number of benzene rings is 1. The third-order valence-electron chi connectivity index (χ3n) is 3.57. The van der Waals surface area contributed by atoms with Crippen molar-refractivity contribution < 1.29 is 0 Å². The standard InChI is InChI=1S/C14H21N3/c1-11-10-13(8-9-17(11)2)16-14(15)12-6-4-3-5-7-12/h3-7,11,13H,8-10H2,1-2H3,(H2,15,16). The van der Waals surface area contributed by atoms with Crippen LogP contribution in [0.3, 0.4) is 0 Å². The summed E-state index contributed by atoms with van der Waals surface area (Å²) in [7, 11) is 2.17. The van der Waals surface area contributed by atoms with Crippen molar-refractivity contribution in [1.29, 1.82) is 0 Å². The average Bonchev–Trinajstić information content (AvgIpc) is 2.35. The Bertz CT molecular complexity index is 386. The normalized spacial score (nSPS) is 27.1. The summed E-state index contributed by atoms with van der Waals surface area (Å²) < 4.78 is 0. The Morgan fingerprint density at radius 3 is 2.71 bits per heavy atom. The summed E-state index contributed by atoms with van der Waals surface area (Å²) in [5.74, 6) is 0.673. The van der Waals surface area contributed by atoms with Gasteiger partial charge in [0.1, 0.15) is 5.84 Å². The van der Waals surface area contributed by atoms with E-state index in [4.69, 9.17) is 5.73 Å². The molecule has 0 radical (unpaired) electrons. The van der Waals surface area contributed by atoms with Gasteiger partial charge in [-0.2, -0.15) is 0 Å². The fraction of sp³-hybridized carbons (Fsp3) is 0.500. The lowest BCUT2D eigenvalue weighted by Crippen LogP contribution is -2.39. The van der Waals surface area contributed by atoms with Gasteiger partial charge < -0.3 is 10.6 Å². The topological polar surface area (TPSA) is 41.6 Å². The highest BCUT2D eigenvalue weighted by Gasteiger charge is 2.22. The number of rotatable bonds is 2. The quantitative estimate of drug-likeness (QED) is 0.623. The zero-order valence-corrected chi connectivity index (χ0v) is 10.6. The van der Waals surface area contributed by atoms with Gasteiger partial charge in [0, 0.05) is 18.2 Å². The van der Waals surface area contributed by atoms with Gasteiger partial charge in [-0.1, -0.05) is 30.3 Å². The van der Waals surface area contributed by atoms with Crippen molar-refractivity contribution >= 4 is 5.84 Å². The number of nitrogens with two attached hydrogens (primary N) is 1. The van der Waals surface area contributed by atoms with Gasteiger partial charge >= 0.3 is 0 Å². The molecule has 1 saturated heterocycles. The molecule has 0 spiro atoms. The maximum atomic E-state index is 6.04. The molecular formula is C14H21N3. The molecule has 1 aliphatic rings. The highest BCUT2D eigenvalue weighted by atomic mass is 15.1. The number of likely N-dealkylation sites (tertiary alicyclic amines) is 1. The van der Waals surface area contributed by atoms with Crippen LogP contribution in [-0.2, 0) is 0 Å². The Morgan fingerprint density at radius 2 is 2.06 bits per heavy atom. The van der Waals surface area contributed by atoms with Crippen molar-refractivity contribution in [2.75, 3.05) is 13.6 Å². The number of aliphatic imine (C=N–C) groups is 1. The largest absolute Gasteiger partial charge is 0.383 e. The van der Waals surface area contributed by atoms with E-state index in [1.165, 1.54) is 0 Å². The predicted octanol–water partition coefficient (Wildman–Crippen LogP) is 1.87. The van der Waals surface area contributed by atoms with Gasteiger partial charge in [0.15, 0.2) is 0 Å². The molecule has 0 amide bonds. The summed E-state index contributed by atoms with van der Waals surface area (Å²) >= 11 is 0. The molecule has 17 heavy (non-hydrogen) atoms. The van der Waals surface area contributed by atoms with E-state index in [-0.39, 0.29) is 0 Å². The van der Waals surface area contributed by atoms with Gasteiger partial charge in [0.2, 0.25) is 0 Å². The molecule has 2 atom stereocenters. The van der Waals surface area contributed by atoms with E-state index in [1.807, 2.05) is 30.3 Å². The maximum absolute atomic E-state index is 6.04. The van der Waals surface area contributed by atoms with Crippen LogP contribution in [0.2, 0.25) is 0 Å². The zero-order chi connectivity index (χ0) is 12.3. The molecule has 1 heterocycles. The first-order chi connectivity index (χ1) is 8.16. The van der Waals surface area contributed by atoms with E-state index in [0.717, 1.165) is 24.9 Å². The number of piperidine rings is 1. The molecule has 1 aliphatic heterocycles. The second kappa shape index (κ2) is 5.32. The minimum atomic E-state index is 0.376. The number of hydrogen-bond donors (Lipinski definition) is 1. The second-order valence-corrected chi connectivity index (χ2v) is 4.89. The smallest absolute Gasteiger partial charge is 0.125 e. The van der Waals surface area contributed by atoms with Gasteiger partial charge in [-0.05, 0) is 26.8 Å². The van der Waals surface area contributed by atoms with E-state index in [0.29, 0.717) is 17.9 Å². The van der Waals surface area contributed by atoms with E-state index in [9.17, 15) is 0 Å². The van der Waals surface area contributed by atoms with Crippen molar-refractivity contribution in [3.63, 3.8) is 0 Å². The molecule has 1 aromatic rings. The van der Waals surface area contributed by atoms with Crippen molar-refractivity contribution in [1.82, 2.24) is 4.90 Å². The highest BCUT2D eigenvalue weighted by molar-refractivity contribution is 5.97. The zero-order valence-electron chi connectivity index (χ0n) is 10.6. The lowest BCUT2D eigenvalue weighted by atomic mass is 9.99. The van der Waals surface area contributed by atoms with Crippen LogP contribution in [-0.4, -0.2) is 36.4 Å². The second-order valence-electron chi connectivity index (χ2n) is 4.89. The predicted molar refractivity (Wildman–Crippen MR) is 72.3 cm³/mol. The van der Waals surface area contributed by atoms with Crippen LogP contribution in [0.1, 0.15) is 25.3 Å². The third-order valence-corrected chi connectivity index (χ3v) is 3.57. The van der Waals surface area contributed by atoms with Crippen LogP contribution >= 0.6 is 0 Å². The summed E-state index contributed by atoms with van der Waals surface area (Å²) in [5, 5.41) is 0. The Balaban J connectivity index is 2.05. The first kappa shape index (κ1) is 12.1. The van der Waals surface area contributed by atoms with Crippen LogP contribution in [0.25, 0.3) is 0 Å². The van der Waals surface area contributed by atoms with Crippen molar-refractivity contribution in [3.05, 3.63) is 35.9 Å². The molecule has 1 fully saturated rings. The molecule has 0 bridgehead atoms. The van der Waals surface area contributed by atoms with E-state index in [2.05, 4.69) is 23.9 Å². The Kier molecular flexibility index (Phi) is 3.79. The first-order valence-corrected chi connectivity index (χ1v) is 6.25. The molecule has 2 N–H and O–H groups in total. The molecule has 3 heteroatoms. The molecular weight excluding hydrogens is 210 g/mol. The summed E-state index contributed by atoms with van der Waals surface area (Å²) in [4.78, 5) is 7.04. The molecule has 2 rings (SSSR count). The number of amidine groups is 1. The van der Waals surface area contributed by atoms with Crippen LogP contribution in [0.4, 0.5) is 0 Å². The molecule has 0 aromatic heterocycles. The average molecular weight is 231 g/mol. The SMILES string of the molecule is CC1CC(N=C(N)c2ccccc2)CCN1C. The van der Waals surface area contributed by atoms with Gasteiger partial charge in [-0.25, -0.2) is 0 Å². The maximum Gasteiger partial charge on any atom is 0.125 e. The minimum Gasteiger partial charge on any atom is -0.383 e. The lowest BCUT2D eigenvalue weighted by molar-refractivity contribution is 0.184.